The van der Waals surface area contributed by atoms with Gasteiger partial charge < -0.3 is 14.5 Å². The Labute approximate surface area is 374 Å². The number of hydrogen-bond donors (Lipinski definition) is 0. The third kappa shape index (κ3) is 6.43. The van der Waals surface area contributed by atoms with Gasteiger partial charge in [-0.2, -0.15) is 0 Å². The maximum atomic E-state index is 6.83. The van der Waals surface area contributed by atoms with Gasteiger partial charge in [0.1, 0.15) is 24.0 Å². The molecule has 12 rings (SSSR count). The summed E-state index contributed by atoms with van der Waals surface area (Å²) in [5.74, 6) is 2.47. The van der Waals surface area contributed by atoms with Gasteiger partial charge in [-0.15, -0.1) is 0 Å². The SMILES string of the molecule is c1ccc(-c2cccc(-c3ccccc3)c2N2CN(c3cccc(Oc4ccc5c6ccccc6n(-c6cc(C7(c8ccccc8)CCCC7)ccn6)c5c4)c3)c3ccccc32)cc1. The van der Waals surface area contributed by atoms with E-state index < -0.39 is 0 Å². The number of nitrogens with zero attached hydrogens (tertiary/aromatic N) is 4. The molecule has 0 radical (unpaired) electrons. The Morgan fingerprint density at radius 2 is 1.06 bits per heavy atom. The number of fused-ring (bicyclic) bond motifs is 4. The van der Waals surface area contributed by atoms with E-state index in [1.54, 1.807) is 0 Å². The van der Waals surface area contributed by atoms with Crippen LogP contribution in [0, 0.1) is 0 Å². The van der Waals surface area contributed by atoms with Crippen LogP contribution in [0.1, 0.15) is 36.8 Å². The molecule has 0 saturated heterocycles. The molecule has 2 aliphatic rings. The number of hydrogen-bond acceptors (Lipinski definition) is 4. The highest BCUT2D eigenvalue weighted by Gasteiger charge is 2.38. The van der Waals surface area contributed by atoms with E-state index in [0.717, 1.165) is 58.3 Å². The van der Waals surface area contributed by atoms with E-state index in [1.165, 1.54) is 62.7 Å². The molecule has 0 amide bonds. The lowest BCUT2D eigenvalue weighted by atomic mass is 9.73. The van der Waals surface area contributed by atoms with Crippen LogP contribution in [0.3, 0.4) is 0 Å². The average Bonchev–Trinajstić information content (AvgIpc) is 4.10. The summed E-state index contributed by atoms with van der Waals surface area (Å²) >= 11 is 0. The van der Waals surface area contributed by atoms with Crippen molar-refractivity contribution in [3.8, 4) is 39.6 Å². The molecule has 8 aromatic carbocycles. The molecule has 0 atom stereocenters. The van der Waals surface area contributed by atoms with E-state index in [-0.39, 0.29) is 5.41 Å². The van der Waals surface area contributed by atoms with E-state index >= 15 is 0 Å². The Morgan fingerprint density at radius 3 is 1.80 bits per heavy atom. The molecule has 0 N–H and O–H groups in total. The molecule has 308 valence electrons. The van der Waals surface area contributed by atoms with Crippen LogP contribution in [0.5, 0.6) is 11.5 Å². The van der Waals surface area contributed by atoms with Crippen molar-refractivity contribution >= 4 is 44.6 Å². The first kappa shape index (κ1) is 37.8. The largest absolute Gasteiger partial charge is 0.457 e. The van der Waals surface area contributed by atoms with Gasteiger partial charge in [0.15, 0.2) is 0 Å². The highest BCUT2D eigenvalue weighted by atomic mass is 16.5. The molecule has 5 heteroatoms. The summed E-state index contributed by atoms with van der Waals surface area (Å²) in [4.78, 5) is 9.92. The van der Waals surface area contributed by atoms with Crippen molar-refractivity contribution in [2.24, 2.45) is 0 Å². The topological polar surface area (TPSA) is 33.5 Å². The fraction of sp³-hybridized carbons (Fsp3) is 0.102. The molecule has 5 nitrogen and oxygen atoms in total. The van der Waals surface area contributed by atoms with Crippen LogP contribution < -0.4 is 14.5 Å². The minimum absolute atomic E-state index is 0.0145. The fourth-order valence-corrected chi connectivity index (χ4v) is 10.6. The second-order valence-corrected chi connectivity index (χ2v) is 17.1. The van der Waals surface area contributed by atoms with Crippen LogP contribution >= 0.6 is 0 Å². The number of rotatable bonds is 9. The molecule has 10 aromatic rings. The third-order valence-corrected chi connectivity index (χ3v) is 13.5. The summed E-state index contributed by atoms with van der Waals surface area (Å²) in [7, 11) is 0. The molecular weight excluding hydrogens is 781 g/mol. The molecule has 1 aliphatic heterocycles. The molecular formula is C59H46N4O. The van der Waals surface area contributed by atoms with Crippen molar-refractivity contribution in [3.05, 3.63) is 230 Å². The zero-order chi connectivity index (χ0) is 42.5. The van der Waals surface area contributed by atoms with Crippen molar-refractivity contribution in [2.45, 2.75) is 31.1 Å². The van der Waals surface area contributed by atoms with Gasteiger partial charge in [0, 0.05) is 51.3 Å². The van der Waals surface area contributed by atoms with Crippen molar-refractivity contribution in [2.75, 3.05) is 16.5 Å². The van der Waals surface area contributed by atoms with Gasteiger partial charge in [0.2, 0.25) is 0 Å². The predicted octanol–water partition coefficient (Wildman–Crippen LogP) is 15.4. The van der Waals surface area contributed by atoms with Crippen molar-refractivity contribution < 1.29 is 4.74 Å². The van der Waals surface area contributed by atoms with Gasteiger partial charge in [-0.1, -0.05) is 158 Å². The van der Waals surface area contributed by atoms with E-state index in [1.807, 2.05) is 6.20 Å². The summed E-state index contributed by atoms with van der Waals surface area (Å²) < 4.78 is 9.15. The number of aromatic nitrogens is 2. The Morgan fingerprint density at radius 1 is 0.453 bits per heavy atom. The van der Waals surface area contributed by atoms with Crippen LogP contribution in [-0.4, -0.2) is 16.2 Å². The standard InChI is InChI=1S/C59H46N4O/c1-4-18-42(19-5-1)49-27-17-28-50(43-20-6-2-7-21-43)58(49)62-41-61(54-30-12-13-31-55(54)62)46-24-16-25-47(39-46)64-48-32-33-52-51-26-10-11-29-53(51)63(56(52)40-48)57-38-45(34-37-60-57)59(35-14-15-36-59)44-22-8-3-9-23-44/h1-13,16-34,37-40H,14-15,35-36,41H2. The van der Waals surface area contributed by atoms with Crippen molar-refractivity contribution in [1.29, 1.82) is 0 Å². The Balaban J connectivity index is 0.912. The number of ether oxygens (including phenoxy) is 1. The molecule has 64 heavy (non-hydrogen) atoms. The lowest BCUT2D eigenvalue weighted by Crippen LogP contribution is -2.24. The third-order valence-electron chi connectivity index (χ3n) is 13.5. The second-order valence-electron chi connectivity index (χ2n) is 17.1. The maximum Gasteiger partial charge on any atom is 0.137 e. The van der Waals surface area contributed by atoms with E-state index in [2.05, 4.69) is 227 Å². The second kappa shape index (κ2) is 15.8. The first-order valence-corrected chi connectivity index (χ1v) is 22.4. The highest BCUT2D eigenvalue weighted by Crippen LogP contribution is 2.51. The zero-order valence-corrected chi connectivity index (χ0v) is 35.5. The maximum absolute atomic E-state index is 6.83. The molecule has 3 heterocycles. The fourth-order valence-electron chi connectivity index (χ4n) is 10.6. The summed E-state index contributed by atoms with van der Waals surface area (Å²) in [6.45, 7) is 0.635. The van der Waals surface area contributed by atoms with Gasteiger partial charge in [0.05, 0.1) is 28.1 Å². The molecule has 1 aliphatic carbocycles. The van der Waals surface area contributed by atoms with E-state index in [4.69, 9.17) is 9.72 Å². The van der Waals surface area contributed by atoms with Gasteiger partial charge >= 0.3 is 0 Å². The Hall–Kier alpha value is -7.89. The summed E-state index contributed by atoms with van der Waals surface area (Å²) in [5, 5.41) is 2.36. The molecule has 1 saturated carbocycles. The Kier molecular flexibility index (Phi) is 9.33. The number of anilines is 4. The molecule has 0 spiro atoms. The molecule has 2 aromatic heterocycles. The summed E-state index contributed by atoms with van der Waals surface area (Å²) in [5.41, 5.74) is 14.2. The summed E-state index contributed by atoms with van der Waals surface area (Å²) in [6.07, 6.45) is 6.73. The molecule has 0 unspecified atom stereocenters. The van der Waals surface area contributed by atoms with E-state index in [9.17, 15) is 0 Å². The average molecular weight is 827 g/mol. The van der Waals surface area contributed by atoms with Gasteiger partial charge in [-0.05, 0) is 89.7 Å². The van der Waals surface area contributed by atoms with Crippen LogP contribution in [0.25, 0.3) is 49.9 Å². The van der Waals surface area contributed by atoms with Crippen LogP contribution in [0.15, 0.2) is 219 Å². The lowest BCUT2D eigenvalue weighted by molar-refractivity contribution is 0.483. The quantitative estimate of drug-likeness (QED) is 0.145. The highest BCUT2D eigenvalue weighted by molar-refractivity contribution is 6.09. The normalized spacial score (nSPS) is 14.3. The van der Waals surface area contributed by atoms with Crippen LogP contribution in [0.4, 0.5) is 22.7 Å². The molecule has 1 fully saturated rings. The van der Waals surface area contributed by atoms with Crippen LogP contribution in [-0.2, 0) is 5.41 Å². The monoisotopic (exact) mass is 826 g/mol. The van der Waals surface area contributed by atoms with Crippen LogP contribution in [0.2, 0.25) is 0 Å². The predicted molar refractivity (Wildman–Crippen MR) is 264 cm³/mol. The van der Waals surface area contributed by atoms with Gasteiger partial charge in [-0.3, -0.25) is 4.57 Å². The van der Waals surface area contributed by atoms with Crippen molar-refractivity contribution in [1.82, 2.24) is 9.55 Å². The number of benzene rings is 8. The van der Waals surface area contributed by atoms with Gasteiger partial charge in [0.25, 0.3) is 0 Å². The Bertz CT molecular complexity index is 3240. The first-order chi connectivity index (χ1) is 31.7. The summed E-state index contributed by atoms with van der Waals surface area (Å²) in [6, 6.07) is 76.1. The number of para-hydroxylation sites is 4. The lowest BCUT2D eigenvalue weighted by Gasteiger charge is -2.31. The van der Waals surface area contributed by atoms with Gasteiger partial charge in [-0.25, -0.2) is 4.98 Å². The first-order valence-electron chi connectivity index (χ1n) is 22.4. The minimum Gasteiger partial charge on any atom is -0.457 e. The van der Waals surface area contributed by atoms with Crippen molar-refractivity contribution in [3.63, 3.8) is 0 Å². The molecule has 0 bridgehead atoms. The zero-order valence-electron chi connectivity index (χ0n) is 35.5. The van der Waals surface area contributed by atoms with E-state index in [0.29, 0.717) is 6.67 Å². The number of pyridine rings is 1. The smallest absolute Gasteiger partial charge is 0.137 e. The minimum atomic E-state index is -0.0145.